The second-order valence-corrected chi connectivity index (χ2v) is 7.63. The van der Waals surface area contributed by atoms with E-state index in [1.807, 2.05) is 10.7 Å². The predicted molar refractivity (Wildman–Crippen MR) is 105 cm³/mol. The minimum Gasteiger partial charge on any atom is -0.344 e. The zero-order valence-electron chi connectivity index (χ0n) is 15.6. The third kappa shape index (κ3) is 2.91. The van der Waals surface area contributed by atoms with E-state index in [2.05, 4.69) is 28.6 Å². The van der Waals surface area contributed by atoms with Crippen LogP contribution >= 0.6 is 0 Å². The summed E-state index contributed by atoms with van der Waals surface area (Å²) in [5.41, 5.74) is 5.95. The first-order chi connectivity index (χ1) is 13.7. The van der Waals surface area contributed by atoms with Gasteiger partial charge in [0.1, 0.15) is 5.82 Å². The molecule has 1 unspecified atom stereocenters. The Morgan fingerprint density at radius 3 is 2.71 bits per heavy atom. The number of hydrogen-bond acceptors (Lipinski definition) is 2. The van der Waals surface area contributed by atoms with Gasteiger partial charge in [-0.2, -0.15) is 5.10 Å². The van der Waals surface area contributed by atoms with Crippen LogP contribution < -0.4 is 5.32 Å². The van der Waals surface area contributed by atoms with Crippen LogP contribution in [0.3, 0.4) is 0 Å². The number of hydrogen-bond donors (Lipinski definition) is 1. The van der Waals surface area contributed by atoms with Gasteiger partial charge in [0.25, 0.3) is 5.91 Å². The molecule has 1 amide bonds. The second-order valence-electron chi connectivity index (χ2n) is 7.63. The summed E-state index contributed by atoms with van der Waals surface area (Å²) in [6.07, 6.45) is 5.85. The Balaban J connectivity index is 1.46. The van der Waals surface area contributed by atoms with Gasteiger partial charge in [-0.1, -0.05) is 24.3 Å². The molecule has 0 aliphatic heterocycles. The van der Waals surface area contributed by atoms with Gasteiger partial charge in [-0.25, -0.2) is 9.07 Å². The van der Waals surface area contributed by atoms with Crippen LogP contribution in [-0.2, 0) is 19.3 Å². The van der Waals surface area contributed by atoms with Crippen molar-refractivity contribution in [2.45, 2.75) is 44.6 Å². The number of aromatic nitrogens is 2. The highest BCUT2D eigenvalue weighted by molar-refractivity contribution is 5.94. The highest BCUT2D eigenvalue weighted by atomic mass is 19.1. The topological polar surface area (TPSA) is 46.9 Å². The molecule has 2 aliphatic carbocycles. The SMILES string of the molecule is O=C(NC1CCCc2ccccc21)c1nn(-c2ccc(F)cc2)c2c1CCC2. The van der Waals surface area contributed by atoms with Crippen LogP contribution in [-0.4, -0.2) is 15.7 Å². The van der Waals surface area contributed by atoms with Crippen molar-refractivity contribution in [1.29, 1.82) is 0 Å². The lowest BCUT2D eigenvalue weighted by molar-refractivity contribution is 0.0926. The fourth-order valence-electron chi connectivity index (χ4n) is 4.55. The van der Waals surface area contributed by atoms with Gasteiger partial charge in [0, 0.05) is 11.3 Å². The van der Waals surface area contributed by atoms with Crippen molar-refractivity contribution >= 4 is 5.91 Å². The highest BCUT2D eigenvalue weighted by Crippen LogP contribution is 2.31. The molecule has 2 aliphatic rings. The van der Waals surface area contributed by atoms with Gasteiger partial charge in [-0.3, -0.25) is 4.79 Å². The van der Waals surface area contributed by atoms with Gasteiger partial charge < -0.3 is 5.32 Å². The molecule has 5 heteroatoms. The third-order valence-corrected chi connectivity index (χ3v) is 5.89. The zero-order chi connectivity index (χ0) is 19.1. The number of nitrogens with zero attached hydrogens (tertiary/aromatic N) is 2. The van der Waals surface area contributed by atoms with Crippen LogP contribution in [0.1, 0.15) is 58.2 Å². The summed E-state index contributed by atoms with van der Waals surface area (Å²) < 4.78 is 15.1. The number of carbonyl (C=O) groups is 1. The normalized spacial score (nSPS) is 17.8. The quantitative estimate of drug-likeness (QED) is 0.742. The lowest BCUT2D eigenvalue weighted by Crippen LogP contribution is -2.31. The van der Waals surface area contributed by atoms with Crippen molar-refractivity contribution in [3.8, 4) is 5.69 Å². The van der Waals surface area contributed by atoms with Gasteiger partial charge in [-0.05, 0) is 73.9 Å². The summed E-state index contributed by atoms with van der Waals surface area (Å²) in [5.74, 6) is -0.387. The lowest BCUT2D eigenvalue weighted by Gasteiger charge is -2.26. The molecule has 28 heavy (non-hydrogen) atoms. The molecule has 0 spiro atoms. The molecule has 4 nitrogen and oxygen atoms in total. The van der Waals surface area contributed by atoms with E-state index in [9.17, 15) is 9.18 Å². The molecule has 142 valence electrons. The van der Waals surface area contributed by atoms with E-state index in [0.717, 1.165) is 55.5 Å². The molecule has 3 aromatic rings. The number of nitrogens with one attached hydrogen (secondary N) is 1. The number of fused-ring (bicyclic) bond motifs is 2. The monoisotopic (exact) mass is 375 g/mol. The molecule has 1 heterocycles. The molecular weight excluding hydrogens is 353 g/mol. The Morgan fingerprint density at radius 2 is 1.86 bits per heavy atom. The first-order valence-corrected chi connectivity index (χ1v) is 9.96. The molecule has 0 fully saturated rings. The summed E-state index contributed by atoms with van der Waals surface area (Å²) in [6.45, 7) is 0. The highest BCUT2D eigenvalue weighted by Gasteiger charge is 2.29. The van der Waals surface area contributed by atoms with Crippen molar-refractivity contribution in [3.05, 3.63) is 82.4 Å². The number of carbonyl (C=O) groups excluding carboxylic acids is 1. The molecule has 1 N–H and O–H groups in total. The minimum absolute atomic E-state index is 0.0328. The molecule has 0 radical (unpaired) electrons. The molecule has 5 rings (SSSR count). The Kier molecular flexibility index (Phi) is 4.23. The number of aryl methyl sites for hydroxylation is 1. The van der Waals surface area contributed by atoms with Crippen LogP contribution in [0.4, 0.5) is 4.39 Å². The van der Waals surface area contributed by atoms with Crippen LogP contribution in [0.15, 0.2) is 48.5 Å². The van der Waals surface area contributed by atoms with E-state index in [1.165, 1.54) is 23.3 Å². The first-order valence-electron chi connectivity index (χ1n) is 9.96. The summed E-state index contributed by atoms with van der Waals surface area (Å²) >= 11 is 0. The maximum absolute atomic E-state index is 13.3. The number of halogens is 1. The molecule has 0 bridgehead atoms. The summed E-state index contributed by atoms with van der Waals surface area (Å²) in [7, 11) is 0. The number of amides is 1. The smallest absolute Gasteiger partial charge is 0.272 e. The molecular formula is C23H22FN3O. The molecule has 1 atom stereocenters. The summed E-state index contributed by atoms with van der Waals surface area (Å²) in [5, 5.41) is 7.86. The van der Waals surface area contributed by atoms with Crippen molar-refractivity contribution in [1.82, 2.24) is 15.1 Å². The Labute approximate surface area is 163 Å². The van der Waals surface area contributed by atoms with E-state index in [4.69, 9.17) is 0 Å². The van der Waals surface area contributed by atoms with Crippen LogP contribution in [0.25, 0.3) is 5.69 Å². The molecule has 0 saturated carbocycles. The van der Waals surface area contributed by atoms with Crippen LogP contribution in [0, 0.1) is 5.82 Å². The average molecular weight is 375 g/mol. The fraction of sp³-hybridized carbons (Fsp3) is 0.304. The van der Waals surface area contributed by atoms with E-state index >= 15 is 0 Å². The van der Waals surface area contributed by atoms with E-state index < -0.39 is 0 Å². The number of rotatable bonds is 3. The van der Waals surface area contributed by atoms with Gasteiger partial charge in [0.2, 0.25) is 0 Å². The Hall–Kier alpha value is -2.95. The number of benzene rings is 2. The van der Waals surface area contributed by atoms with Crippen molar-refractivity contribution in [2.24, 2.45) is 0 Å². The summed E-state index contributed by atoms with van der Waals surface area (Å²) in [4.78, 5) is 13.1. The van der Waals surface area contributed by atoms with E-state index in [1.54, 1.807) is 12.1 Å². The Morgan fingerprint density at radius 1 is 1.04 bits per heavy atom. The van der Waals surface area contributed by atoms with Crippen molar-refractivity contribution < 1.29 is 9.18 Å². The maximum Gasteiger partial charge on any atom is 0.272 e. The largest absolute Gasteiger partial charge is 0.344 e. The molecule has 1 aromatic heterocycles. The third-order valence-electron chi connectivity index (χ3n) is 5.89. The first kappa shape index (κ1) is 17.2. The van der Waals surface area contributed by atoms with Gasteiger partial charge in [0.15, 0.2) is 5.69 Å². The van der Waals surface area contributed by atoms with Crippen LogP contribution in [0.5, 0.6) is 0 Å². The predicted octanol–water partition coefficient (Wildman–Crippen LogP) is 4.31. The zero-order valence-corrected chi connectivity index (χ0v) is 15.6. The van der Waals surface area contributed by atoms with Gasteiger partial charge >= 0.3 is 0 Å². The van der Waals surface area contributed by atoms with Crippen molar-refractivity contribution in [2.75, 3.05) is 0 Å². The Bertz CT molecular complexity index is 1040. The lowest BCUT2D eigenvalue weighted by atomic mass is 9.87. The second kappa shape index (κ2) is 6.89. The van der Waals surface area contributed by atoms with Crippen molar-refractivity contribution in [3.63, 3.8) is 0 Å². The van der Waals surface area contributed by atoms with E-state index in [0.29, 0.717) is 5.69 Å². The summed E-state index contributed by atoms with van der Waals surface area (Å²) in [6, 6.07) is 14.7. The minimum atomic E-state index is -0.276. The maximum atomic E-state index is 13.3. The van der Waals surface area contributed by atoms with Gasteiger partial charge in [-0.15, -0.1) is 0 Å². The van der Waals surface area contributed by atoms with Crippen LogP contribution in [0.2, 0.25) is 0 Å². The molecule has 2 aromatic carbocycles. The standard InChI is InChI=1S/C23H22FN3O/c24-16-11-13-17(14-12-16)27-21-10-4-8-19(21)22(26-27)23(28)25-20-9-3-6-15-5-1-2-7-18(15)20/h1-2,5,7,11-14,20H,3-4,6,8-10H2,(H,25,28). The van der Waals surface area contributed by atoms with E-state index in [-0.39, 0.29) is 17.8 Å². The van der Waals surface area contributed by atoms with Gasteiger partial charge in [0.05, 0.1) is 11.7 Å². The molecule has 0 saturated heterocycles. The fourth-order valence-corrected chi connectivity index (χ4v) is 4.55. The average Bonchev–Trinajstić information content (AvgIpc) is 3.32.